The summed E-state index contributed by atoms with van der Waals surface area (Å²) in [5, 5.41) is 0. The van der Waals surface area contributed by atoms with Gasteiger partial charge in [-0.3, -0.25) is 0 Å². The maximum absolute atomic E-state index is 6.06. The standard InChI is InChI=1S/C15H31N3/c1-3-18-10-6-14(7-11-18)17(2)13-15(12-16)8-4-5-9-15/h14H,3-13,16H2,1-2H3. The molecule has 0 aromatic heterocycles. The molecule has 18 heavy (non-hydrogen) atoms. The summed E-state index contributed by atoms with van der Waals surface area (Å²) >= 11 is 0. The van der Waals surface area contributed by atoms with E-state index in [-0.39, 0.29) is 0 Å². The average molecular weight is 253 g/mol. The van der Waals surface area contributed by atoms with Gasteiger partial charge in [0.1, 0.15) is 0 Å². The summed E-state index contributed by atoms with van der Waals surface area (Å²) in [7, 11) is 2.32. The van der Waals surface area contributed by atoms with Crippen molar-refractivity contribution in [3.63, 3.8) is 0 Å². The minimum Gasteiger partial charge on any atom is -0.330 e. The second-order valence-electron chi connectivity index (χ2n) is 6.49. The SMILES string of the molecule is CCN1CCC(N(C)CC2(CN)CCCC2)CC1. The van der Waals surface area contributed by atoms with Gasteiger partial charge in [0.2, 0.25) is 0 Å². The molecule has 1 aliphatic carbocycles. The monoisotopic (exact) mass is 253 g/mol. The van der Waals surface area contributed by atoms with Gasteiger partial charge in [0.25, 0.3) is 0 Å². The van der Waals surface area contributed by atoms with E-state index in [2.05, 4.69) is 23.8 Å². The highest BCUT2D eigenvalue weighted by Crippen LogP contribution is 2.38. The molecule has 0 spiro atoms. The van der Waals surface area contributed by atoms with E-state index < -0.39 is 0 Å². The van der Waals surface area contributed by atoms with E-state index in [4.69, 9.17) is 5.73 Å². The molecule has 1 saturated heterocycles. The van der Waals surface area contributed by atoms with E-state index in [0.717, 1.165) is 12.6 Å². The van der Waals surface area contributed by atoms with Gasteiger partial charge in [-0.1, -0.05) is 19.8 Å². The maximum atomic E-state index is 6.06. The van der Waals surface area contributed by atoms with Crippen LogP contribution in [0.4, 0.5) is 0 Å². The fraction of sp³-hybridized carbons (Fsp3) is 1.00. The number of nitrogens with zero attached hydrogens (tertiary/aromatic N) is 2. The third-order valence-electron chi connectivity index (χ3n) is 5.31. The highest BCUT2D eigenvalue weighted by molar-refractivity contribution is 4.90. The van der Waals surface area contributed by atoms with E-state index in [1.165, 1.54) is 64.7 Å². The zero-order valence-corrected chi connectivity index (χ0v) is 12.3. The third-order valence-corrected chi connectivity index (χ3v) is 5.31. The number of hydrogen-bond acceptors (Lipinski definition) is 3. The number of piperidine rings is 1. The maximum Gasteiger partial charge on any atom is 0.0117 e. The van der Waals surface area contributed by atoms with Crippen LogP contribution in [0.15, 0.2) is 0 Å². The lowest BCUT2D eigenvalue weighted by Crippen LogP contribution is -2.48. The zero-order valence-electron chi connectivity index (χ0n) is 12.3. The predicted octanol–water partition coefficient (Wildman–Crippen LogP) is 1.92. The lowest BCUT2D eigenvalue weighted by molar-refractivity contribution is 0.0912. The molecular formula is C15H31N3. The quantitative estimate of drug-likeness (QED) is 0.812. The van der Waals surface area contributed by atoms with Crippen LogP contribution in [-0.2, 0) is 0 Å². The average Bonchev–Trinajstić information content (AvgIpc) is 2.88. The molecule has 0 atom stereocenters. The zero-order chi connectivity index (χ0) is 13.0. The van der Waals surface area contributed by atoms with E-state index in [1.54, 1.807) is 0 Å². The van der Waals surface area contributed by atoms with Crippen LogP contribution in [0.25, 0.3) is 0 Å². The van der Waals surface area contributed by atoms with Crippen LogP contribution in [0, 0.1) is 5.41 Å². The lowest BCUT2D eigenvalue weighted by Gasteiger charge is -2.40. The van der Waals surface area contributed by atoms with Gasteiger partial charge in [0, 0.05) is 12.6 Å². The summed E-state index contributed by atoms with van der Waals surface area (Å²) < 4.78 is 0. The first-order valence-electron chi connectivity index (χ1n) is 7.82. The van der Waals surface area contributed by atoms with Gasteiger partial charge >= 0.3 is 0 Å². The van der Waals surface area contributed by atoms with Gasteiger partial charge in [-0.05, 0) is 64.3 Å². The van der Waals surface area contributed by atoms with Crippen molar-refractivity contribution in [3.8, 4) is 0 Å². The Labute approximate surface area is 113 Å². The predicted molar refractivity (Wildman–Crippen MR) is 77.7 cm³/mol. The first kappa shape index (κ1) is 14.3. The molecule has 1 aliphatic heterocycles. The summed E-state index contributed by atoms with van der Waals surface area (Å²) in [5.74, 6) is 0. The van der Waals surface area contributed by atoms with Crippen LogP contribution >= 0.6 is 0 Å². The summed E-state index contributed by atoms with van der Waals surface area (Å²) in [6, 6.07) is 0.789. The normalized spacial score (nSPS) is 26.0. The third kappa shape index (κ3) is 3.25. The van der Waals surface area contributed by atoms with E-state index >= 15 is 0 Å². The molecule has 3 heteroatoms. The largest absolute Gasteiger partial charge is 0.330 e. The van der Waals surface area contributed by atoms with Crippen molar-refractivity contribution < 1.29 is 0 Å². The van der Waals surface area contributed by atoms with Crippen LogP contribution in [0.5, 0.6) is 0 Å². The highest BCUT2D eigenvalue weighted by Gasteiger charge is 2.35. The molecule has 0 aromatic carbocycles. The van der Waals surface area contributed by atoms with Crippen LogP contribution in [0.3, 0.4) is 0 Å². The fourth-order valence-corrected chi connectivity index (χ4v) is 3.89. The highest BCUT2D eigenvalue weighted by atomic mass is 15.2. The van der Waals surface area contributed by atoms with Crippen LogP contribution < -0.4 is 5.73 Å². The molecule has 106 valence electrons. The van der Waals surface area contributed by atoms with Crippen molar-refractivity contribution in [3.05, 3.63) is 0 Å². The summed E-state index contributed by atoms with van der Waals surface area (Å²) in [6.07, 6.45) is 8.15. The molecule has 0 radical (unpaired) electrons. The van der Waals surface area contributed by atoms with E-state index in [9.17, 15) is 0 Å². The van der Waals surface area contributed by atoms with Crippen molar-refractivity contribution in [2.24, 2.45) is 11.1 Å². The molecule has 1 heterocycles. The molecule has 0 unspecified atom stereocenters. The molecule has 1 saturated carbocycles. The summed E-state index contributed by atoms with van der Waals surface area (Å²) in [4.78, 5) is 5.18. The minimum absolute atomic E-state index is 0.441. The Balaban J connectivity index is 1.82. The Morgan fingerprint density at radius 3 is 2.33 bits per heavy atom. The van der Waals surface area contributed by atoms with Gasteiger partial charge in [-0.25, -0.2) is 0 Å². The molecule has 0 bridgehead atoms. The van der Waals surface area contributed by atoms with Crippen LogP contribution in [0.2, 0.25) is 0 Å². The second-order valence-corrected chi connectivity index (χ2v) is 6.49. The molecule has 0 aromatic rings. The fourth-order valence-electron chi connectivity index (χ4n) is 3.89. The van der Waals surface area contributed by atoms with Crippen LogP contribution in [-0.4, -0.2) is 55.6 Å². The van der Waals surface area contributed by atoms with Crippen molar-refractivity contribution in [2.45, 2.75) is 51.5 Å². The Morgan fingerprint density at radius 1 is 1.22 bits per heavy atom. The molecule has 3 nitrogen and oxygen atoms in total. The van der Waals surface area contributed by atoms with Crippen molar-refractivity contribution in [2.75, 3.05) is 39.8 Å². The summed E-state index contributed by atoms with van der Waals surface area (Å²) in [6.45, 7) is 8.14. The summed E-state index contributed by atoms with van der Waals surface area (Å²) in [5.41, 5.74) is 6.50. The molecule has 2 fully saturated rings. The van der Waals surface area contributed by atoms with Gasteiger partial charge in [-0.2, -0.15) is 0 Å². The Morgan fingerprint density at radius 2 is 1.83 bits per heavy atom. The van der Waals surface area contributed by atoms with Crippen molar-refractivity contribution in [1.82, 2.24) is 9.80 Å². The Hall–Kier alpha value is -0.120. The minimum atomic E-state index is 0.441. The smallest absolute Gasteiger partial charge is 0.0117 e. The van der Waals surface area contributed by atoms with Crippen molar-refractivity contribution >= 4 is 0 Å². The molecular weight excluding hydrogens is 222 g/mol. The molecule has 2 aliphatic rings. The topological polar surface area (TPSA) is 32.5 Å². The number of hydrogen-bond donors (Lipinski definition) is 1. The number of likely N-dealkylation sites (tertiary alicyclic amines) is 1. The first-order valence-corrected chi connectivity index (χ1v) is 7.82. The van der Waals surface area contributed by atoms with E-state index in [0.29, 0.717) is 5.41 Å². The van der Waals surface area contributed by atoms with Gasteiger partial charge in [0.05, 0.1) is 0 Å². The lowest BCUT2D eigenvalue weighted by atomic mass is 9.85. The van der Waals surface area contributed by atoms with Gasteiger partial charge in [-0.15, -0.1) is 0 Å². The van der Waals surface area contributed by atoms with Gasteiger partial charge < -0.3 is 15.5 Å². The molecule has 0 amide bonds. The first-order chi connectivity index (χ1) is 8.69. The number of rotatable bonds is 5. The Bertz CT molecular complexity index is 240. The van der Waals surface area contributed by atoms with Crippen LogP contribution in [0.1, 0.15) is 45.4 Å². The van der Waals surface area contributed by atoms with E-state index in [1.807, 2.05) is 0 Å². The number of nitrogens with two attached hydrogens (primary N) is 1. The molecule has 2 rings (SSSR count). The Kier molecular flexibility index (Phi) is 5.05. The van der Waals surface area contributed by atoms with Crippen molar-refractivity contribution in [1.29, 1.82) is 0 Å². The van der Waals surface area contributed by atoms with Gasteiger partial charge in [0.15, 0.2) is 0 Å². The molecule has 2 N–H and O–H groups in total. The second kappa shape index (κ2) is 6.36.